The summed E-state index contributed by atoms with van der Waals surface area (Å²) in [6.07, 6.45) is 2.31. The van der Waals surface area contributed by atoms with Crippen molar-refractivity contribution < 1.29 is 19.4 Å². The number of carbonyl (C=O) groups is 1. The summed E-state index contributed by atoms with van der Waals surface area (Å²) in [7, 11) is -2.11. The zero-order valence-corrected chi connectivity index (χ0v) is 15.5. The molecule has 2 fully saturated rings. The third-order valence-corrected chi connectivity index (χ3v) is 9.68. The summed E-state index contributed by atoms with van der Waals surface area (Å²) >= 11 is 0. The van der Waals surface area contributed by atoms with Crippen LogP contribution in [-0.2, 0) is 14.3 Å². The summed E-state index contributed by atoms with van der Waals surface area (Å²) in [5, 5.41) is 12.2. The van der Waals surface area contributed by atoms with Gasteiger partial charge in [0.1, 0.15) is 8.07 Å². The van der Waals surface area contributed by atoms with Crippen LogP contribution in [-0.4, -0.2) is 38.2 Å². The number of benzene rings is 1. The van der Waals surface area contributed by atoms with Gasteiger partial charge in [0, 0.05) is 12.8 Å². The largest absolute Gasteiger partial charge is 0.481 e. The minimum Gasteiger partial charge on any atom is -0.481 e. The fraction of sp³-hybridized carbons (Fsp3) is 0.526. The molecule has 5 heteroatoms. The van der Waals surface area contributed by atoms with Crippen molar-refractivity contribution in [1.82, 2.24) is 0 Å². The standard InChI is InChI=1S/C19H26O4Si/c1-15(24(2,3)16-7-5-4-6-8-16)18(17(20)21)9-11-19(12-10-18)22-13-14-23-19/h4-8H,1,9-14H2,2-3H3,(H,20,21). The molecule has 130 valence electrons. The van der Waals surface area contributed by atoms with Crippen LogP contribution in [0.3, 0.4) is 0 Å². The molecule has 1 aromatic rings. The quantitative estimate of drug-likeness (QED) is 0.851. The van der Waals surface area contributed by atoms with Crippen molar-refractivity contribution in [2.24, 2.45) is 5.41 Å². The van der Waals surface area contributed by atoms with Crippen LogP contribution in [0.1, 0.15) is 25.7 Å². The van der Waals surface area contributed by atoms with Gasteiger partial charge in [-0.05, 0) is 12.8 Å². The Bertz CT molecular complexity index is 622. The normalized spacial score (nSPS) is 22.4. The number of aliphatic carboxylic acids is 1. The SMILES string of the molecule is C=C(C1(C(=O)O)CCC2(CC1)OCCO2)[Si](C)(C)c1ccccc1. The molecule has 0 bridgehead atoms. The molecule has 0 atom stereocenters. The summed E-state index contributed by atoms with van der Waals surface area (Å²) < 4.78 is 11.5. The lowest BCUT2D eigenvalue weighted by molar-refractivity contribution is -0.193. The minimum absolute atomic E-state index is 0.532. The Morgan fingerprint density at radius 3 is 2.12 bits per heavy atom. The second-order valence-corrected chi connectivity index (χ2v) is 11.9. The van der Waals surface area contributed by atoms with Crippen LogP contribution in [0.25, 0.3) is 0 Å². The van der Waals surface area contributed by atoms with E-state index in [1.165, 1.54) is 5.19 Å². The second-order valence-electron chi connectivity index (χ2n) is 7.46. The summed E-state index contributed by atoms with van der Waals surface area (Å²) in [5.41, 5.74) is -0.869. The molecule has 2 aliphatic rings. The first-order valence-electron chi connectivity index (χ1n) is 8.59. The van der Waals surface area contributed by atoms with Crippen LogP contribution >= 0.6 is 0 Å². The second kappa shape index (κ2) is 6.13. The zero-order valence-electron chi connectivity index (χ0n) is 14.5. The van der Waals surface area contributed by atoms with Gasteiger partial charge < -0.3 is 14.6 Å². The lowest BCUT2D eigenvalue weighted by atomic mass is 9.71. The lowest BCUT2D eigenvalue weighted by Crippen LogP contribution is -2.54. The number of hydrogen-bond acceptors (Lipinski definition) is 3. The lowest BCUT2D eigenvalue weighted by Gasteiger charge is -2.45. The molecule has 1 N–H and O–H groups in total. The van der Waals surface area contributed by atoms with Gasteiger partial charge in [-0.3, -0.25) is 4.79 Å². The van der Waals surface area contributed by atoms with Gasteiger partial charge in [-0.2, -0.15) is 0 Å². The van der Waals surface area contributed by atoms with Gasteiger partial charge in [0.25, 0.3) is 0 Å². The Morgan fingerprint density at radius 1 is 1.08 bits per heavy atom. The number of ether oxygens (including phenoxy) is 2. The van der Waals surface area contributed by atoms with Gasteiger partial charge in [0.05, 0.1) is 18.6 Å². The molecule has 24 heavy (non-hydrogen) atoms. The van der Waals surface area contributed by atoms with Crippen LogP contribution in [0, 0.1) is 5.41 Å². The van der Waals surface area contributed by atoms with E-state index in [0.717, 1.165) is 5.20 Å². The molecule has 0 amide bonds. The average molecular weight is 346 g/mol. The first-order valence-corrected chi connectivity index (χ1v) is 11.6. The first kappa shape index (κ1) is 17.4. The topological polar surface area (TPSA) is 55.8 Å². The minimum atomic E-state index is -2.11. The summed E-state index contributed by atoms with van der Waals surface area (Å²) in [5.74, 6) is -1.31. The molecule has 1 heterocycles. The predicted octanol–water partition coefficient (Wildman–Crippen LogP) is 3.09. The molecule has 0 unspecified atom stereocenters. The molecule has 1 aliphatic heterocycles. The maximum absolute atomic E-state index is 12.3. The van der Waals surface area contributed by atoms with Gasteiger partial charge in [0.15, 0.2) is 5.79 Å². The smallest absolute Gasteiger partial charge is 0.313 e. The molecule has 1 aromatic carbocycles. The van der Waals surface area contributed by atoms with E-state index in [2.05, 4.69) is 31.8 Å². The van der Waals surface area contributed by atoms with E-state index in [9.17, 15) is 9.90 Å². The number of carboxylic acids is 1. The number of hydrogen-bond donors (Lipinski definition) is 1. The predicted molar refractivity (Wildman–Crippen MR) is 95.9 cm³/mol. The van der Waals surface area contributed by atoms with Crippen LogP contribution in [0.5, 0.6) is 0 Å². The van der Waals surface area contributed by atoms with E-state index in [4.69, 9.17) is 9.47 Å². The third kappa shape index (κ3) is 2.74. The zero-order chi connectivity index (χ0) is 17.4. The highest BCUT2D eigenvalue weighted by Gasteiger charge is 2.54. The molecule has 3 rings (SSSR count). The van der Waals surface area contributed by atoms with Crippen LogP contribution < -0.4 is 5.19 Å². The summed E-state index contributed by atoms with van der Waals surface area (Å²) in [4.78, 5) is 12.3. The number of carboxylic acid groups (broad SMARTS) is 1. The first-order chi connectivity index (χ1) is 11.3. The van der Waals surface area contributed by atoms with E-state index >= 15 is 0 Å². The van der Waals surface area contributed by atoms with Crippen molar-refractivity contribution in [2.45, 2.75) is 44.6 Å². The summed E-state index contributed by atoms with van der Waals surface area (Å²) in [6, 6.07) is 10.2. The van der Waals surface area contributed by atoms with Crippen LogP contribution in [0.15, 0.2) is 42.1 Å². The molecular weight excluding hydrogens is 320 g/mol. The fourth-order valence-electron chi connectivity index (χ4n) is 4.12. The van der Waals surface area contributed by atoms with Crippen molar-refractivity contribution in [1.29, 1.82) is 0 Å². The summed E-state index contributed by atoms with van der Waals surface area (Å²) in [6.45, 7) is 9.93. The van der Waals surface area contributed by atoms with Crippen molar-refractivity contribution in [2.75, 3.05) is 13.2 Å². The maximum Gasteiger partial charge on any atom is 0.313 e. The van der Waals surface area contributed by atoms with Crippen LogP contribution in [0.4, 0.5) is 0 Å². The Labute approximate surface area is 144 Å². The monoisotopic (exact) mass is 346 g/mol. The van der Waals surface area contributed by atoms with Crippen molar-refractivity contribution in [3.63, 3.8) is 0 Å². The highest BCUT2D eigenvalue weighted by Crippen LogP contribution is 2.50. The van der Waals surface area contributed by atoms with E-state index in [1.54, 1.807) is 0 Å². The van der Waals surface area contributed by atoms with E-state index in [1.807, 2.05) is 18.2 Å². The molecule has 1 spiro atoms. The molecule has 4 nitrogen and oxygen atoms in total. The average Bonchev–Trinajstić information content (AvgIpc) is 3.04. The Morgan fingerprint density at radius 2 is 1.62 bits per heavy atom. The van der Waals surface area contributed by atoms with Crippen LogP contribution in [0.2, 0.25) is 13.1 Å². The third-order valence-electron chi connectivity index (χ3n) is 5.92. The molecular formula is C19H26O4Si. The van der Waals surface area contributed by atoms with E-state index in [0.29, 0.717) is 38.9 Å². The van der Waals surface area contributed by atoms with Crippen molar-refractivity contribution in [3.05, 3.63) is 42.1 Å². The van der Waals surface area contributed by atoms with Gasteiger partial charge in [-0.1, -0.05) is 53.8 Å². The highest BCUT2D eigenvalue weighted by atomic mass is 28.3. The van der Waals surface area contributed by atoms with Gasteiger partial charge in [0.2, 0.25) is 0 Å². The maximum atomic E-state index is 12.3. The molecule has 1 saturated heterocycles. The van der Waals surface area contributed by atoms with Gasteiger partial charge in [-0.15, -0.1) is 6.58 Å². The van der Waals surface area contributed by atoms with E-state index < -0.39 is 25.2 Å². The van der Waals surface area contributed by atoms with Crippen molar-refractivity contribution >= 4 is 19.2 Å². The number of rotatable bonds is 4. The molecule has 0 aromatic heterocycles. The van der Waals surface area contributed by atoms with Gasteiger partial charge in [-0.25, -0.2) is 0 Å². The highest BCUT2D eigenvalue weighted by molar-refractivity contribution is 6.96. The Hall–Kier alpha value is -1.43. The molecule has 1 saturated carbocycles. The molecule has 1 aliphatic carbocycles. The van der Waals surface area contributed by atoms with Gasteiger partial charge >= 0.3 is 5.97 Å². The van der Waals surface area contributed by atoms with E-state index in [-0.39, 0.29) is 0 Å². The fourth-order valence-corrected chi connectivity index (χ4v) is 7.04. The Balaban J connectivity index is 1.89. The molecule has 0 radical (unpaired) electrons. The Kier molecular flexibility index (Phi) is 4.44. The van der Waals surface area contributed by atoms with Crippen molar-refractivity contribution in [3.8, 4) is 0 Å².